The molecule has 0 fully saturated rings. The molecule has 1 aromatic rings. The molecular weight excluding hydrogens is 262 g/mol. The van der Waals surface area contributed by atoms with Gasteiger partial charge in [0, 0.05) is 25.2 Å². The molecule has 0 spiro atoms. The number of hydrogen-bond acceptors (Lipinski definition) is 5. The van der Waals surface area contributed by atoms with Crippen molar-refractivity contribution in [2.45, 2.75) is 20.0 Å². The standard InChI is InChI=1S/C13H19N3O4/c1-9(2)20-7-6-15-11-5-4-10(13(17)14-3)8-12(11)16(18)19/h4-5,8-9,15H,6-7H2,1-3H3,(H,14,17). The predicted octanol–water partition coefficient (Wildman–Crippen LogP) is 1.79. The summed E-state index contributed by atoms with van der Waals surface area (Å²) in [4.78, 5) is 22.0. The Morgan fingerprint density at radius 2 is 2.15 bits per heavy atom. The summed E-state index contributed by atoms with van der Waals surface area (Å²) in [7, 11) is 1.48. The Morgan fingerprint density at radius 1 is 1.45 bits per heavy atom. The van der Waals surface area contributed by atoms with Crippen LogP contribution in [0.3, 0.4) is 0 Å². The predicted molar refractivity (Wildman–Crippen MR) is 76.1 cm³/mol. The topological polar surface area (TPSA) is 93.5 Å². The molecule has 20 heavy (non-hydrogen) atoms. The number of rotatable bonds is 7. The molecule has 0 atom stereocenters. The molecule has 0 aliphatic carbocycles. The van der Waals surface area contributed by atoms with Crippen LogP contribution in [0.2, 0.25) is 0 Å². The number of nitrogens with zero attached hydrogens (tertiary/aromatic N) is 1. The van der Waals surface area contributed by atoms with Gasteiger partial charge < -0.3 is 15.4 Å². The summed E-state index contributed by atoms with van der Waals surface area (Å²) in [6.07, 6.45) is 0.113. The lowest BCUT2D eigenvalue weighted by Gasteiger charge is -2.10. The highest BCUT2D eigenvalue weighted by Gasteiger charge is 2.16. The monoisotopic (exact) mass is 281 g/mol. The van der Waals surface area contributed by atoms with Gasteiger partial charge in [-0.25, -0.2) is 0 Å². The van der Waals surface area contributed by atoms with Crippen LogP contribution in [0.15, 0.2) is 18.2 Å². The van der Waals surface area contributed by atoms with E-state index in [1.807, 2.05) is 13.8 Å². The van der Waals surface area contributed by atoms with Gasteiger partial charge in [0.2, 0.25) is 0 Å². The van der Waals surface area contributed by atoms with Crippen molar-refractivity contribution < 1.29 is 14.5 Å². The molecule has 0 saturated carbocycles. The minimum atomic E-state index is -0.516. The quantitative estimate of drug-likeness (QED) is 0.451. The fourth-order valence-corrected chi connectivity index (χ4v) is 1.60. The SMILES string of the molecule is CNC(=O)c1ccc(NCCOC(C)C)c([N+](=O)[O-])c1. The third-order valence-corrected chi connectivity index (χ3v) is 2.55. The average Bonchev–Trinajstić information content (AvgIpc) is 2.42. The summed E-state index contributed by atoms with van der Waals surface area (Å²) in [6.45, 7) is 4.74. The zero-order valence-electron chi connectivity index (χ0n) is 11.8. The Bertz CT molecular complexity index is 489. The second-order valence-electron chi connectivity index (χ2n) is 4.41. The van der Waals surface area contributed by atoms with Gasteiger partial charge in [-0.3, -0.25) is 14.9 Å². The van der Waals surface area contributed by atoms with Crippen LogP contribution in [0.25, 0.3) is 0 Å². The van der Waals surface area contributed by atoms with Gasteiger partial charge in [-0.05, 0) is 26.0 Å². The van der Waals surface area contributed by atoms with E-state index in [2.05, 4.69) is 10.6 Å². The molecular formula is C13H19N3O4. The van der Waals surface area contributed by atoms with E-state index >= 15 is 0 Å². The van der Waals surface area contributed by atoms with Crippen LogP contribution in [0.5, 0.6) is 0 Å². The third-order valence-electron chi connectivity index (χ3n) is 2.55. The van der Waals surface area contributed by atoms with Gasteiger partial charge in [-0.1, -0.05) is 0 Å². The molecule has 7 nitrogen and oxygen atoms in total. The molecule has 1 amide bonds. The van der Waals surface area contributed by atoms with Crippen LogP contribution < -0.4 is 10.6 Å². The summed E-state index contributed by atoms with van der Waals surface area (Å²) < 4.78 is 5.35. The molecule has 1 aromatic carbocycles. The molecule has 7 heteroatoms. The van der Waals surface area contributed by atoms with Gasteiger partial charge in [-0.15, -0.1) is 0 Å². The summed E-state index contributed by atoms with van der Waals surface area (Å²) in [5.41, 5.74) is 0.494. The minimum absolute atomic E-state index is 0.113. The first kappa shape index (κ1) is 15.9. The molecule has 0 aromatic heterocycles. The molecule has 0 saturated heterocycles. The van der Waals surface area contributed by atoms with Crippen molar-refractivity contribution >= 4 is 17.3 Å². The fraction of sp³-hybridized carbons (Fsp3) is 0.462. The lowest BCUT2D eigenvalue weighted by molar-refractivity contribution is -0.384. The van der Waals surface area contributed by atoms with Gasteiger partial charge in [0.05, 0.1) is 17.6 Å². The highest BCUT2D eigenvalue weighted by Crippen LogP contribution is 2.25. The summed E-state index contributed by atoms with van der Waals surface area (Å²) in [5, 5.41) is 16.4. The van der Waals surface area contributed by atoms with Crippen molar-refractivity contribution in [1.82, 2.24) is 5.32 Å². The van der Waals surface area contributed by atoms with Crippen molar-refractivity contribution in [1.29, 1.82) is 0 Å². The Labute approximate surface area is 117 Å². The number of nitro benzene ring substituents is 1. The van der Waals surface area contributed by atoms with Crippen LogP contribution in [0.4, 0.5) is 11.4 Å². The number of nitrogens with one attached hydrogen (secondary N) is 2. The van der Waals surface area contributed by atoms with Crippen molar-refractivity contribution in [2.24, 2.45) is 0 Å². The smallest absolute Gasteiger partial charge is 0.293 e. The second-order valence-corrected chi connectivity index (χ2v) is 4.41. The first-order valence-corrected chi connectivity index (χ1v) is 6.31. The molecule has 0 unspecified atom stereocenters. The molecule has 0 heterocycles. The Hall–Kier alpha value is -2.15. The molecule has 0 aliphatic rings. The normalized spacial score (nSPS) is 10.4. The van der Waals surface area contributed by atoms with E-state index < -0.39 is 4.92 Å². The minimum Gasteiger partial charge on any atom is -0.377 e. The van der Waals surface area contributed by atoms with Crippen LogP contribution in [-0.2, 0) is 4.74 Å². The van der Waals surface area contributed by atoms with Crippen molar-refractivity contribution in [3.05, 3.63) is 33.9 Å². The zero-order chi connectivity index (χ0) is 15.1. The Morgan fingerprint density at radius 3 is 2.70 bits per heavy atom. The third kappa shape index (κ3) is 4.51. The number of carbonyl (C=O) groups excluding carboxylic acids is 1. The van der Waals surface area contributed by atoms with E-state index in [-0.39, 0.29) is 23.3 Å². The molecule has 0 aliphatic heterocycles. The number of anilines is 1. The van der Waals surface area contributed by atoms with Gasteiger partial charge >= 0.3 is 0 Å². The van der Waals surface area contributed by atoms with E-state index in [1.54, 1.807) is 0 Å². The fourth-order valence-electron chi connectivity index (χ4n) is 1.60. The summed E-state index contributed by atoms with van der Waals surface area (Å²) in [6, 6.07) is 4.32. The van der Waals surface area contributed by atoms with Gasteiger partial charge in [0.1, 0.15) is 5.69 Å². The summed E-state index contributed by atoms with van der Waals surface area (Å²) >= 11 is 0. The van der Waals surface area contributed by atoms with E-state index in [4.69, 9.17) is 4.74 Å². The maximum atomic E-state index is 11.5. The maximum absolute atomic E-state index is 11.5. The van der Waals surface area contributed by atoms with Crippen LogP contribution in [-0.4, -0.2) is 37.1 Å². The number of ether oxygens (including phenoxy) is 1. The van der Waals surface area contributed by atoms with Gasteiger partial charge in [0.15, 0.2) is 0 Å². The number of hydrogen-bond donors (Lipinski definition) is 2. The largest absolute Gasteiger partial charge is 0.377 e. The molecule has 110 valence electrons. The van der Waals surface area contributed by atoms with Crippen molar-refractivity contribution in [3.8, 4) is 0 Å². The van der Waals surface area contributed by atoms with E-state index in [0.717, 1.165) is 0 Å². The van der Waals surface area contributed by atoms with Gasteiger partial charge in [-0.2, -0.15) is 0 Å². The molecule has 1 rings (SSSR count). The Balaban J connectivity index is 2.80. The van der Waals surface area contributed by atoms with E-state index in [1.165, 1.54) is 25.2 Å². The lowest BCUT2D eigenvalue weighted by atomic mass is 10.1. The number of benzene rings is 1. The zero-order valence-corrected chi connectivity index (χ0v) is 11.8. The molecule has 2 N–H and O–H groups in total. The number of nitro groups is 1. The summed E-state index contributed by atoms with van der Waals surface area (Å²) in [5.74, 6) is -0.359. The second kappa shape index (κ2) is 7.44. The highest BCUT2D eigenvalue weighted by molar-refractivity contribution is 5.95. The van der Waals surface area contributed by atoms with Crippen molar-refractivity contribution in [3.63, 3.8) is 0 Å². The first-order valence-electron chi connectivity index (χ1n) is 6.31. The maximum Gasteiger partial charge on any atom is 0.293 e. The van der Waals surface area contributed by atoms with E-state index in [0.29, 0.717) is 18.8 Å². The van der Waals surface area contributed by atoms with Crippen LogP contribution in [0, 0.1) is 10.1 Å². The first-order chi connectivity index (χ1) is 9.45. The number of amides is 1. The lowest BCUT2D eigenvalue weighted by Crippen LogP contribution is -2.18. The van der Waals surface area contributed by atoms with Gasteiger partial charge in [0.25, 0.3) is 11.6 Å². The Kier molecular flexibility index (Phi) is 5.92. The van der Waals surface area contributed by atoms with Crippen molar-refractivity contribution in [2.75, 3.05) is 25.5 Å². The van der Waals surface area contributed by atoms with Crippen LogP contribution >= 0.6 is 0 Å². The molecule has 0 radical (unpaired) electrons. The molecule has 0 bridgehead atoms. The van der Waals surface area contributed by atoms with E-state index in [9.17, 15) is 14.9 Å². The number of carbonyl (C=O) groups is 1. The van der Waals surface area contributed by atoms with Crippen LogP contribution in [0.1, 0.15) is 24.2 Å². The highest BCUT2D eigenvalue weighted by atomic mass is 16.6. The average molecular weight is 281 g/mol.